The van der Waals surface area contributed by atoms with Gasteiger partial charge >= 0.3 is 0 Å². The molecule has 0 saturated carbocycles. The van der Waals surface area contributed by atoms with Crippen LogP contribution in [0.15, 0.2) is 36.4 Å². The second-order valence-electron chi connectivity index (χ2n) is 7.48. The zero-order valence-corrected chi connectivity index (χ0v) is 19.6. The van der Waals surface area contributed by atoms with Crippen LogP contribution in [0.4, 0.5) is 0 Å². The molecule has 32 heavy (non-hydrogen) atoms. The van der Waals surface area contributed by atoms with Crippen molar-refractivity contribution in [3.8, 4) is 23.0 Å². The molecular formula is C23H29NO7S. The quantitative estimate of drug-likeness (QED) is 0.565. The molecular weight excluding hydrogens is 434 g/mol. The van der Waals surface area contributed by atoms with E-state index in [0.29, 0.717) is 41.6 Å². The number of nitrogens with zero attached hydrogens (tertiary/aromatic N) is 1. The molecule has 0 spiro atoms. The van der Waals surface area contributed by atoms with E-state index in [1.807, 2.05) is 6.92 Å². The Balaban J connectivity index is 1.96. The number of sulfone groups is 1. The van der Waals surface area contributed by atoms with Crippen LogP contribution in [0.2, 0.25) is 0 Å². The summed E-state index contributed by atoms with van der Waals surface area (Å²) in [5.41, 5.74) is 1.20. The summed E-state index contributed by atoms with van der Waals surface area (Å²) in [6.07, 6.45) is 0.398. The molecule has 9 heteroatoms. The number of amides is 1. The maximum atomic E-state index is 13.5. The monoisotopic (exact) mass is 463 g/mol. The minimum Gasteiger partial charge on any atom is -0.494 e. The van der Waals surface area contributed by atoms with Crippen molar-refractivity contribution in [1.82, 2.24) is 4.90 Å². The topological polar surface area (TPSA) is 91.4 Å². The first-order valence-electron chi connectivity index (χ1n) is 10.3. The molecule has 0 bridgehead atoms. The van der Waals surface area contributed by atoms with Crippen LogP contribution in [0, 0.1) is 0 Å². The Labute approximate surface area is 188 Å². The highest BCUT2D eigenvalue weighted by Crippen LogP contribution is 2.39. The minimum absolute atomic E-state index is 0.0554. The van der Waals surface area contributed by atoms with Gasteiger partial charge in [0, 0.05) is 18.2 Å². The molecule has 8 nitrogen and oxygen atoms in total. The van der Waals surface area contributed by atoms with Crippen LogP contribution in [-0.2, 0) is 16.4 Å². The van der Waals surface area contributed by atoms with E-state index >= 15 is 0 Å². The number of carbonyl (C=O) groups excluding carboxylic acids is 1. The third kappa shape index (κ3) is 5.27. The molecule has 1 unspecified atom stereocenters. The summed E-state index contributed by atoms with van der Waals surface area (Å²) < 4.78 is 46.0. The van der Waals surface area contributed by atoms with Crippen LogP contribution >= 0.6 is 0 Å². The highest BCUT2D eigenvalue weighted by atomic mass is 32.2. The first-order chi connectivity index (χ1) is 15.3. The molecule has 1 saturated heterocycles. The van der Waals surface area contributed by atoms with Crippen molar-refractivity contribution in [3.05, 3.63) is 47.5 Å². The number of hydrogen-bond acceptors (Lipinski definition) is 7. The van der Waals surface area contributed by atoms with E-state index in [9.17, 15) is 13.2 Å². The maximum Gasteiger partial charge on any atom is 0.254 e. The van der Waals surface area contributed by atoms with Gasteiger partial charge in [-0.3, -0.25) is 4.79 Å². The van der Waals surface area contributed by atoms with E-state index in [2.05, 4.69) is 0 Å². The summed E-state index contributed by atoms with van der Waals surface area (Å²) in [6.45, 7) is 2.61. The average molecular weight is 464 g/mol. The van der Waals surface area contributed by atoms with Gasteiger partial charge in [0.15, 0.2) is 21.3 Å². The molecule has 2 aromatic rings. The number of carbonyl (C=O) groups is 1. The molecule has 174 valence electrons. The lowest BCUT2D eigenvalue weighted by Crippen LogP contribution is -2.40. The molecule has 2 aromatic carbocycles. The summed E-state index contributed by atoms with van der Waals surface area (Å²) in [7, 11) is 1.38. The highest BCUT2D eigenvalue weighted by Gasteiger charge is 2.35. The van der Waals surface area contributed by atoms with Crippen LogP contribution in [0.3, 0.4) is 0 Å². The van der Waals surface area contributed by atoms with E-state index in [1.165, 1.54) is 21.3 Å². The molecule has 3 rings (SSSR count). The highest BCUT2D eigenvalue weighted by molar-refractivity contribution is 7.91. The van der Waals surface area contributed by atoms with Gasteiger partial charge in [-0.2, -0.15) is 0 Å². The zero-order valence-electron chi connectivity index (χ0n) is 18.8. The molecule has 1 heterocycles. The Bertz CT molecular complexity index is 1030. The Morgan fingerprint density at radius 1 is 1.03 bits per heavy atom. The number of hydrogen-bond donors (Lipinski definition) is 0. The number of methoxy groups -OCH3 is 3. The second-order valence-corrected chi connectivity index (χ2v) is 9.71. The van der Waals surface area contributed by atoms with Gasteiger partial charge < -0.3 is 23.8 Å². The first kappa shape index (κ1) is 23.7. The maximum absolute atomic E-state index is 13.5. The lowest BCUT2D eigenvalue weighted by Gasteiger charge is -2.29. The Morgan fingerprint density at radius 3 is 2.12 bits per heavy atom. The third-order valence-electron chi connectivity index (χ3n) is 5.40. The fraction of sp³-hybridized carbons (Fsp3) is 0.435. The minimum atomic E-state index is -3.18. The third-order valence-corrected chi connectivity index (χ3v) is 7.15. The van der Waals surface area contributed by atoms with Crippen molar-refractivity contribution in [2.24, 2.45) is 0 Å². The van der Waals surface area contributed by atoms with Crippen molar-refractivity contribution >= 4 is 15.7 Å². The predicted octanol–water partition coefficient (Wildman–Crippen LogP) is 2.94. The van der Waals surface area contributed by atoms with E-state index in [4.69, 9.17) is 18.9 Å². The fourth-order valence-electron chi connectivity index (χ4n) is 3.84. The van der Waals surface area contributed by atoms with Crippen molar-refractivity contribution in [1.29, 1.82) is 0 Å². The Kier molecular flexibility index (Phi) is 7.50. The van der Waals surface area contributed by atoms with E-state index in [0.717, 1.165) is 5.56 Å². The van der Waals surface area contributed by atoms with Gasteiger partial charge in [-0.05, 0) is 55.3 Å². The lowest BCUT2D eigenvalue weighted by molar-refractivity contribution is 0.0680. The molecule has 1 aliphatic heterocycles. The van der Waals surface area contributed by atoms with Gasteiger partial charge in [-0.15, -0.1) is 0 Å². The van der Waals surface area contributed by atoms with Crippen molar-refractivity contribution < 1.29 is 32.2 Å². The van der Waals surface area contributed by atoms with Gasteiger partial charge in [0.05, 0.1) is 39.4 Å². The SMILES string of the molecule is CCOc1ccc(C(=O)N(Cc2cc(OC)c(OC)c(OC)c2)C2CCS(=O)(=O)C2)cc1. The molecule has 1 atom stereocenters. The summed E-state index contributed by atoms with van der Waals surface area (Å²) in [6, 6.07) is 9.97. The summed E-state index contributed by atoms with van der Waals surface area (Å²) in [5.74, 6) is 1.82. The van der Waals surface area contributed by atoms with Crippen LogP contribution in [0.5, 0.6) is 23.0 Å². The Hall–Kier alpha value is -2.94. The molecule has 0 aliphatic carbocycles. The van der Waals surface area contributed by atoms with E-state index < -0.39 is 15.9 Å². The lowest BCUT2D eigenvalue weighted by atomic mass is 10.1. The number of ether oxygens (including phenoxy) is 4. The summed E-state index contributed by atoms with van der Waals surface area (Å²) in [4.78, 5) is 15.1. The van der Waals surface area contributed by atoms with Crippen molar-refractivity contribution in [2.75, 3.05) is 39.4 Å². The molecule has 0 radical (unpaired) electrons. The molecule has 0 N–H and O–H groups in total. The molecule has 1 amide bonds. The van der Waals surface area contributed by atoms with Crippen molar-refractivity contribution in [3.63, 3.8) is 0 Å². The van der Waals surface area contributed by atoms with Gasteiger partial charge in [0.2, 0.25) is 5.75 Å². The van der Waals surface area contributed by atoms with Crippen LogP contribution in [0.1, 0.15) is 29.3 Å². The van der Waals surface area contributed by atoms with Gasteiger partial charge in [0.25, 0.3) is 5.91 Å². The van der Waals surface area contributed by atoms with Gasteiger partial charge in [0.1, 0.15) is 5.75 Å². The van der Waals surface area contributed by atoms with Crippen LogP contribution < -0.4 is 18.9 Å². The van der Waals surface area contributed by atoms with Crippen LogP contribution in [0.25, 0.3) is 0 Å². The fourth-order valence-corrected chi connectivity index (χ4v) is 5.57. The molecule has 0 aromatic heterocycles. The van der Waals surface area contributed by atoms with E-state index in [1.54, 1.807) is 41.3 Å². The number of benzene rings is 2. The Morgan fingerprint density at radius 2 is 1.66 bits per heavy atom. The van der Waals surface area contributed by atoms with Crippen molar-refractivity contribution in [2.45, 2.75) is 25.9 Å². The average Bonchev–Trinajstić information content (AvgIpc) is 3.16. The summed E-state index contributed by atoms with van der Waals surface area (Å²) >= 11 is 0. The van der Waals surface area contributed by atoms with E-state index in [-0.39, 0.29) is 24.0 Å². The van der Waals surface area contributed by atoms with Gasteiger partial charge in [-0.25, -0.2) is 8.42 Å². The standard InChI is InChI=1S/C23H29NO7S/c1-5-31-19-8-6-17(7-9-19)23(25)24(18-10-11-32(26,27)15-18)14-16-12-20(28-2)22(30-4)21(13-16)29-3/h6-9,12-13,18H,5,10-11,14-15H2,1-4H3. The summed E-state index contributed by atoms with van der Waals surface area (Å²) in [5, 5.41) is 0. The van der Waals surface area contributed by atoms with Crippen LogP contribution in [-0.4, -0.2) is 64.7 Å². The normalized spacial score (nSPS) is 16.9. The predicted molar refractivity (Wildman–Crippen MR) is 121 cm³/mol. The number of rotatable bonds is 9. The molecule has 1 aliphatic rings. The zero-order chi connectivity index (χ0) is 23.3. The molecule has 1 fully saturated rings. The largest absolute Gasteiger partial charge is 0.494 e. The smallest absolute Gasteiger partial charge is 0.254 e. The second kappa shape index (κ2) is 10.1. The van der Waals surface area contributed by atoms with Gasteiger partial charge in [-0.1, -0.05) is 0 Å². The first-order valence-corrected chi connectivity index (χ1v) is 12.2.